The van der Waals surface area contributed by atoms with Crippen molar-refractivity contribution >= 4 is 10.9 Å². The second-order valence-electron chi connectivity index (χ2n) is 4.19. The average molecular weight is 220 g/mol. The molecule has 1 heterocycles. The Bertz CT molecular complexity index is 552. The highest BCUT2D eigenvalue weighted by Crippen LogP contribution is 2.18. The molecule has 4 nitrogen and oxygen atoms in total. The van der Waals surface area contributed by atoms with E-state index in [1.807, 2.05) is 32.0 Å². The molecule has 0 aliphatic heterocycles. The quantitative estimate of drug-likeness (QED) is 0.856. The molecule has 0 aliphatic carbocycles. The summed E-state index contributed by atoms with van der Waals surface area (Å²) in [4.78, 5) is 11.6. The first-order valence-corrected chi connectivity index (χ1v) is 5.48. The van der Waals surface area contributed by atoms with Gasteiger partial charge in [-0.1, -0.05) is 6.07 Å². The summed E-state index contributed by atoms with van der Waals surface area (Å²) < 4.78 is 6.84. The lowest BCUT2D eigenvalue weighted by molar-refractivity contribution is 0.234. The molecule has 2 aromatic rings. The molecule has 0 saturated heterocycles. The van der Waals surface area contributed by atoms with E-state index in [1.54, 1.807) is 4.74 Å². The van der Waals surface area contributed by atoms with Crippen LogP contribution in [-0.2, 0) is 6.42 Å². The molecule has 4 heteroatoms. The van der Waals surface area contributed by atoms with Gasteiger partial charge in [0.15, 0.2) is 0 Å². The summed E-state index contributed by atoms with van der Waals surface area (Å²) in [7, 11) is 0. The van der Waals surface area contributed by atoms with Crippen LogP contribution in [0, 0.1) is 0 Å². The van der Waals surface area contributed by atoms with Crippen LogP contribution in [0.25, 0.3) is 10.9 Å². The fraction of sp³-hybridized carbons (Fsp3) is 0.417. The number of hydrogen-bond donors (Lipinski definition) is 1. The van der Waals surface area contributed by atoms with Crippen molar-refractivity contribution in [1.82, 2.24) is 4.74 Å². The minimum Gasteiger partial charge on any atom is -0.335 e. The number of hydrogen-bond acceptors (Lipinski definition) is 3. The van der Waals surface area contributed by atoms with Gasteiger partial charge in [-0.25, -0.2) is 9.53 Å². The van der Waals surface area contributed by atoms with Gasteiger partial charge in [0.25, 0.3) is 0 Å². The zero-order valence-electron chi connectivity index (χ0n) is 9.56. The van der Waals surface area contributed by atoms with Crippen molar-refractivity contribution in [2.75, 3.05) is 6.54 Å². The molecule has 0 saturated carbocycles. The molecule has 1 aromatic heterocycles. The van der Waals surface area contributed by atoms with Crippen LogP contribution in [0.3, 0.4) is 0 Å². The first-order valence-electron chi connectivity index (χ1n) is 5.48. The van der Waals surface area contributed by atoms with Crippen molar-refractivity contribution in [1.29, 1.82) is 0 Å². The number of rotatable bonds is 3. The van der Waals surface area contributed by atoms with Crippen molar-refractivity contribution < 1.29 is 4.52 Å². The second kappa shape index (κ2) is 4.14. The Kier molecular flexibility index (Phi) is 2.83. The van der Waals surface area contributed by atoms with Gasteiger partial charge < -0.3 is 10.3 Å². The number of aromatic nitrogens is 1. The van der Waals surface area contributed by atoms with E-state index in [0.29, 0.717) is 11.9 Å². The standard InChI is InChI=1S/C12H16N2O2/c1-8(2)14-11-7-9(5-6-13)3-4-10(11)12(15)16-14/h3-4,7-8H,5-6,13H2,1-2H3. The molecule has 2 rings (SSSR count). The van der Waals surface area contributed by atoms with E-state index in [-0.39, 0.29) is 11.7 Å². The van der Waals surface area contributed by atoms with Gasteiger partial charge in [-0.3, -0.25) is 0 Å². The van der Waals surface area contributed by atoms with Crippen LogP contribution >= 0.6 is 0 Å². The molecule has 0 radical (unpaired) electrons. The van der Waals surface area contributed by atoms with Crippen molar-refractivity contribution in [2.45, 2.75) is 26.3 Å². The topological polar surface area (TPSA) is 61.2 Å². The van der Waals surface area contributed by atoms with Crippen LogP contribution in [0.5, 0.6) is 0 Å². The third kappa shape index (κ3) is 1.76. The molecule has 16 heavy (non-hydrogen) atoms. The largest absolute Gasteiger partial charge is 0.365 e. The number of benzene rings is 1. The third-order valence-corrected chi connectivity index (χ3v) is 2.60. The lowest BCUT2D eigenvalue weighted by atomic mass is 10.1. The summed E-state index contributed by atoms with van der Waals surface area (Å²) in [5, 5.41) is 0.634. The van der Waals surface area contributed by atoms with Gasteiger partial charge >= 0.3 is 5.63 Å². The van der Waals surface area contributed by atoms with Crippen molar-refractivity contribution in [3.05, 3.63) is 34.2 Å². The zero-order valence-corrected chi connectivity index (χ0v) is 9.56. The van der Waals surface area contributed by atoms with Gasteiger partial charge in [0.05, 0.1) is 16.9 Å². The van der Waals surface area contributed by atoms with Gasteiger partial charge in [0, 0.05) is 0 Å². The first kappa shape index (κ1) is 11.0. The highest BCUT2D eigenvalue weighted by molar-refractivity contribution is 5.78. The Morgan fingerprint density at radius 1 is 1.44 bits per heavy atom. The monoisotopic (exact) mass is 220 g/mol. The van der Waals surface area contributed by atoms with Gasteiger partial charge in [-0.15, -0.1) is 0 Å². The maximum absolute atomic E-state index is 11.6. The van der Waals surface area contributed by atoms with Crippen molar-refractivity contribution in [2.24, 2.45) is 5.73 Å². The number of fused-ring (bicyclic) bond motifs is 1. The Hall–Kier alpha value is -1.55. The predicted molar refractivity (Wildman–Crippen MR) is 63.6 cm³/mol. The summed E-state index contributed by atoms with van der Waals surface area (Å²) in [5.41, 5.74) is 7.22. The number of nitrogens with two attached hydrogens (primary N) is 1. The summed E-state index contributed by atoms with van der Waals surface area (Å²) in [6.45, 7) is 4.57. The van der Waals surface area contributed by atoms with Crippen molar-refractivity contribution in [3.63, 3.8) is 0 Å². The summed E-state index contributed by atoms with van der Waals surface area (Å²) in [6.07, 6.45) is 0.813. The van der Waals surface area contributed by atoms with E-state index >= 15 is 0 Å². The third-order valence-electron chi connectivity index (χ3n) is 2.60. The molecule has 0 spiro atoms. The van der Waals surface area contributed by atoms with Crippen LogP contribution in [-0.4, -0.2) is 11.3 Å². The molecular weight excluding hydrogens is 204 g/mol. The molecule has 1 aromatic carbocycles. The molecule has 2 N–H and O–H groups in total. The predicted octanol–water partition coefficient (Wildman–Crippen LogP) is 1.68. The van der Waals surface area contributed by atoms with Crippen LogP contribution in [0.15, 0.2) is 27.5 Å². The highest BCUT2D eigenvalue weighted by Gasteiger charge is 2.11. The number of nitrogens with zero attached hydrogens (tertiary/aromatic N) is 1. The molecule has 0 atom stereocenters. The van der Waals surface area contributed by atoms with E-state index in [2.05, 4.69) is 0 Å². The van der Waals surface area contributed by atoms with E-state index in [9.17, 15) is 4.79 Å². The smallest absolute Gasteiger partial charge is 0.335 e. The Balaban J connectivity index is 2.65. The molecule has 0 fully saturated rings. The molecule has 0 amide bonds. The van der Waals surface area contributed by atoms with Crippen molar-refractivity contribution in [3.8, 4) is 0 Å². The summed E-state index contributed by atoms with van der Waals surface area (Å²) in [6, 6.07) is 5.85. The van der Waals surface area contributed by atoms with Gasteiger partial charge in [0.1, 0.15) is 0 Å². The second-order valence-corrected chi connectivity index (χ2v) is 4.19. The Morgan fingerprint density at radius 3 is 2.81 bits per heavy atom. The van der Waals surface area contributed by atoms with E-state index in [4.69, 9.17) is 10.3 Å². The van der Waals surface area contributed by atoms with Crippen LogP contribution < -0.4 is 11.4 Å². The summed E-state index contributed by atoms with van der Waals surface area (Å²) >= 11 is 0. The zero-order chi connectivity index (χ0) is 11.7. The molecule has 0 aliphatic rings. The highest BCUT2D eigenvalue weighted by atomic mass is 16.5. The maximum Gasteiger partial charge on any atom is 0.365 e. The minimum atomic E-state index is -0.275. The van der Waals surface area contributed by atoms with E-state index in [1.165, 1.54) is 0 Å². The maximum atomic E-state index is 11.6. The van der Waals surface area contributed by atoms with E-state index < -0.39 is 0 Å². The molecule has 0 bridgehead atoms. The van der Waals surface area contributed by atoms with Crippen LogP contribution in [0.1, 0.15) is 25.5 Å². The SMILES string of the molecule is CC(C)n1oc(=O)c2ccc(CCN)cc21. The molecule has 86 valence electrons. The van der Waals surface area contributed by atoms with Gasteiger partial charge in [0.2, 0.25) is 0 Å². The lowest BCUT2D eigenvalue weighted by Crippen LogP contribution is -2.03. The fourth-order valence-electron chi connectivity index (χ4n) is 1.83. The lowest BCUT2D eigenvalue weighted by Gasteiger charge is -2.06. The molecular formula is C12H16N2O2. The normalized spacial score (nSPS) is 11.5. The van der Waals surface area contributed by atoms with E-state index in [0.717, 1.165) is 17.5 Å². The fourth-order valence-corrected chi connectivity index (χ4v) is 1.83. The van der Waals surface area contributed by atoms with Crippen LogP contribution in [0.4, 0.5) is 0 Å². The van der Waals surface area contributed by atoms with Crippen LogP contribution in [0.2, 0.25) is 0 Å². The summed E-state index contributed by atoms with van der Waals surface area (Å²) in [5.74, 6) is 0. The first-order chi connectivity index (χ1) is 7.63. The van der Waals surface area contributed by atoms with Gasteiger partial charge in [-0.2, -0.15) is 0 Å². The Morgan fingerprint density at radius 2 is 2.19 bits per heavy atom. The van der Waals surface area contributed by atoms with Gasteiger partial charge in [-0.05, 0) is 44.5 Å². The average Bonchev–Trinajstić information content (AvgIpc) is 2.57. The molecule has 0 unspecified atom stereocenters. The Labute approximate surface area is 93.6 Å². The minimum absolute atomic E-state index is 0.137.